The summed E-state index contributed by atoms with van der Waals surface area (Å²) in [4.78, 5) is 0. The highest BCUT2D eigenvalue weighted by atomic mass is 15.3. The Labute approximate surface area is 96.1 Å². The molecule has 0 saturated carbocycles. The van der Waals surface area contributed by atoms with E-state index in [2.05, 4.69) is 46.4 Å². The zero-order valence-corrected chi connectivity index (χ0v) is 11.0. The zero-order chi connectivity index (χ0) is 12.2. The van der Waals surface area contributed by atoms with E-state index >= 15 is 0 Å². The molecule has 2 nitrogen and oxygen atoms in total. The van der Waals surface area contributed by atoms with E-state index in [1.807, 2.05) is 0 Å². The van der Waals surface area contributed by atoms with Crippen LogP contribution in [0.25, 0.3) is 0 Å². The first-order valence-corrected chi connectivity index (χ1v) is 5.93. The Kier molecular flexibility index (Phi) is 12.9. The van der Waals surface area contributed by atoms with Crippen molar-refractivity contribution in [2.24, 2.45) is 5.73 Å². The molecular weight excluding hydrogens is 184 g/mol. The number of nitrogens with two attached hydrogens (primary N) is 1. The third-order valence-corrected chi connectivity index (χ3v) is 2.91. The molecule has 0 aromatic carbocycles. The van der Waals surface area contributed by atoms with Crippen LogP contribution in [0.3, 0.4) is 0 Å². The highest BCUT2D eigenvalue weighted by Gasteiger charge is 2.17. The summed E-state index contributed by atoms with van der Waals surface area (Å²) in [5.74, 6) is 0. The molecule has 0 aliphatic carbocycles. The minimum Gasteiger partial charge on any atom is -0.327 e. The Morgan fingerprint density at radius 3 is 1.73 bits per heavy atom. The minimum atomic E-state index is 0.583. The fourth-order valence-corrected chi connectivity index (χ4v) is 1.39. The molecule has 0 atom stereocenters. The van der Waals surface area contributed by atoms with Gasteiger partial charge in [-0.2, -0.15) is 0 Å². The van der Waals surface area contributed by atoms with Gasteiger partial charge in [-0.05, 0) is 33.8 Å². The molecule has 90 valence electrons. The Balaban J connectivity index is 0. The summed E-state index contributed by atoms with van der Waals surface area (Å²) in [6.07, 6.45) is 6.07. The van der Waals surface area contributed by atoms with Crippen LogP contribution in [0.4, 0.5) is 0 Å². The summed E-state index contributed by atoms with van der Waals surface area (Å²) in [5.41, 5.74) is 4.91. The molecule has 2 heteroatoms. The van der Waals surface area contributed by atoms with Gasteiger partial charge in [0, 0.05) is 6.54 Å². The lowest BCUT2D eigenvalue weighted by Crippen LogP contribution is -2.47. The van der Waals surface area contributed by atoms with E-state index in [0.29, 0.717) is 6.54 Å². The van der Waals surface area contributed by atoms with Crippen molar-refractivity contribution in [2.75, 3.05) is 32.7 Å². The number of rotatable bonds is 6. The van der Waals surface area contributed by atoms with Crippen molar-refractivity contribution in [3.63, 3.8) is 0 Å². The van der Waals surface area contributed by atoms with E-state index in [0.717, 1.165) is 0 Å². The molecule has 0 saturated heterocycles. The molecule has 0 unspecified atom stereocenters. The molecule has 2 N–H and O–H groups in total. The van der Waals surface area contributed by atoms with Crippen molar-refractivity contribution in [3.05, 3.63) is 24.8 Å². The Morgan fingerprint density at radius 2 is 1.53 bits per heavy atom. The van der Waals surface area contributed by atoms with Crippen LogP contribution >= 0.6 is 0 Å². The lowest BCUT2D eigenvalue weighted by molar-refractivity contribution is -0.917. The molecule has 15 heavy (non-hydrogen) atoms. The first-order chi connectivity index (χ1) is 7.16. The van der Waals surface area contributed by atoms with Crippen LogP contribution in [0.1, 0.15) is 27.7 Å². The second-order valence-electron chi connectivity index (χ2n) is 3.57. The SMILES string of the molecule is C=CCN.CC=CC[N+](CC)(CC)CC. The Bertz CT molecular complexity index is 150. The summed E-state index contributed by atoms with van der Waals surface area (Å²) in [6, 6.07) is 0. The Hall–Kier alpha value is -0.600. The van der Waals surface area contributed by atoms with E-state index in [-0.39, 0.29) is 0 Å². The number of hydrogen-bond acceptors (Lipinski definition) is 1. The predicted octanol–water partition coefficient (Wildman–Crippen LogP) is 2.57. The summed E-state index contributed by atoms with van der Waals surface area (Å²) >= 11 is 0. The fraction of sp³-hybridized carbons (Fsp3) is 0.692. The smallest absolute Gasteiger partial charge is 0.0973 e. The molecule has 0 aromatic heterocycles. The molecule has 0 fully saturated rings. The highest BCUT2D eigenvalue weighted by Crippen LogP contribution is 2.05. The molecular formula is C13H29N2+. The number of quaternary nitrogens is 1. The molecule has 0 heterocycles. The van der Waals surface area contributed by atoms with Crippen molar-refractivity contribution in [3.8, 4) is 0 Å². The van der Waals surface area contributed by atoms with Gasteiger partial charge in [-0.25, -0.2) is 0 Å². The summed E-state index contributed by atoms with van der Waals surface area (Å²) in [6.45, 7) is 17.8. The van der Waals surface area contributed by atoms with Crippen molar-refractivity contribution in [1.82, 2.24) is 0 Å². The monoisotopic (exact) mass is 213 g/mol. The summed E-state index contributed by atoms with van der Waals surface area (Å²) < 4.78 is 1.23. The predicted molar refractivity (Wildman–Crippen MR) is 70.8 cm³/mol. The maximum absolute atomic E-state index is 4.91. The van der Waals surface area contributed by atoms with E-state index < -0.39 is 0 Å². The van der Waals surface area contributed by atoms with Crippen LogP contribution in [0.15, 0.2) is 24.8 Å². The van der Waals surface area contributed by atoms with Crippen LogP contribution in [0, 0.1) is 0 Å². The normalized spacial score (nSPS) is 11.0. The van der Waals surface area contributed by atoms with E-state index in [1.54, 1.807) is 6.08 Å². The molecule has 0 aliphatic rings. The van der Waals surface area contributed by atoms with Crippen LogP contribution in [-0.2, 0) is 0 Å². The second-order valence-corrected chi connectivity index (χ2v) is 3.57. The van der Waals surface area contributed by atoms with Gasteiger partial charge < -0.3 is 10.2 Å². The number of likely N-dealkylation sites (N-methyl/N-ethyl adjacent to an activating group) is 1. The van der Waals surface area contributed by atoms with Crippen LogP contribution < -0.4 is 5.73 Å². The van der Waals surface area contributed by atoms with Gasteiger partial charge in [-0.15, -0.1) is 6.58 Å². The van der Waals surface area contributed by atoms with Gasteiger partial charge >= 0.3 is 0 Å². The molecule has 0 aromatic rings. The highest BCUT2D eigenvalue weighted by molar-refractivity contribution is 4.76. The average molecular weight is 213 g/mol. The number of allylic oxidation sites excluding steroid dienone is 1. The quantitative estimate of drug-likeness (QED) is 0.532. The third-order valence-electron chi connectivity index (χ3n) is 2.91. The first kappa shape index (κ1) is 16.8. The van der Waals surface area contributed by atoms with Gasteiger partial charge in [0.1, 0.15) is 0 Å². The lowest BCUT2D eigenvalue weighted by Gasteiger charge is -2.34. The maximum Gasteiger partial charge on any atom is 0.0973 e. The van der Waals surface area contributed by atoms with E-state index in [1.165, 1.54) is 30.7 Å². The lowest BCUT2D eigenvalue weighted by atomic mass is 10.3. The standard InChI is InChI=1S/C10H22N.C3H7N/c1-5-9-10-11(6-2,7-3)8-4;1-2-3-4/h5,9H,6-8,10H2,1-4H3;2H,1,3-4H2/q+1;. The van der Waals surface area contributed by atoms with Crippen LogP contribution in [0.5, 0.6) is 0 Å². The molecule has 0 amide bonds. The molecule has 0 aliphatic heterocycles. The maximum atomic E-state index is 4.91. The van der Waals surface area contributed by atoms with Crippen molar-refractivity contribution in [2.45, 2.75) is 27.7 Å². The van der Waals surface area contributed by atoms with Gasteiger partial charge in [0.2, 0.25) is 0 Å². The van der Waals surface area contributed by atoms with Gasteiger partial charge in [0.15, 0.2) is 0 Å². The number of nitrogens with zero attached hydrogens (tertiary/aromatic N) is 1. The van der Waals surface area contributed by atoms with Gasteiger partial charge in [-0.1, -0.05) is 12.2 Å². The first-order valence-electron chi connectivity index (χ1n) is 5.93. The summed E-state index contributed by atoms with van der Waals surface area (Å²) in [5, 5.41) is 0. The van der Waals surface area contributed by atoms with Crippen molar-refractivity contribution in [1.29, 1.82) is 0 Å². The third kappa shape index (κ3) is 8.40. The minimum absolute atomic E-state index is 0.583. The fourth-order valence-electron chi connectivity index (χ4n) is 1.39. The topological polar surface area (TPSA) is 26.0 Å². The van der Waals surface area contributed by atoms with Gasteiger partial charge in [0.25, 0.3) is 0 Å². The largest absolute Gasteiger partial charge is 0.327 e. The van der Waals surface area contributed by atoms with Gasteiger partial charge in [0.05, 0.1) is 26.2 Å². The average Bonchev–Trinajstić information content (AvgIpc) is 2.32. The number of hydrogen-bond donors (Lipinski definition) is 1. The van der Waals surface area contributed by atoms with Crippen LogP contribution in [0.2, 0.25) is 0 Å². The van der Waals surface area contributed by atoms with E-state index in [4.69, 9.17) is 5.73 Å². The van der Waals surface area contributed by atoms with Gasteiger partial charge in [-0.3, -0.25) is 0 Å². The molecule has 0 bridgehead atoms. The zero-order valence-electron chi connectivity index (χ0n) is 11.0. The van der Waals surface area contributed by atoms with E-state index in [9.17, 15) is 0 Å². The molecule has 0 rings (SSSR count). The summed E-state index contributed by atoms with van der Waals surface area (Å²) in [7, 11) is 0. The van der Waals surface area contributed by atoms with Crippen molar-refractivity contribution < 1.29 is 4.48 Å². The Morgan fingerprint density at radius 1 is 1.13 bits per heavy atom. The van der Waals surface area contributed by atoms with Crippen LogP contribution in [-0.4, -0.2) is 37.2 Å². The van der Waals surface area contributed by atoms with Crippen molar-refractivity contribution >= 4 is 0 Å². The second kappa shape index (κ2) is 11.5. The molecule has 0 spiro atoms. The molecule has 0 radical (unpaired) electrons.